The van der Waals surface area contributed by atoms with E-state index in [9.17, 15) is 9.59 Å². The number of furan rings is 1. The maximum Gasteiger partial charge on any atom is 0.373 e. The van der Waals surface area contributed by atoms with Crippen molar-refractivity contribution in [2.24, 2.45) is 0 Å². The minimum atomic E-state index is -0.504. The lowest BCUT2D eigenvalue weighted by Crippen LogP contribution is -2.23. The molecule has 0 aromatic carbocycles. The fourth-order valence-electron chi connectivity index (χ4n) is 2.73. The Kier molecular flexibility index (Phi) is 6.06. The van der Waals surface area contributed by atoms with Crippen LogP contribution in [0.5, 0.6) is 0 Å². The summed E-state index contributed by atoms with van der Waals surface area (Å²) in [6.07, 6.45) is 1.91. The predicted molar refractivity (Wildman–Crippen MR) is 108 cm³/mol. The first-order chi connectivity index (χ1) is 13.0. The van der Waals surface area contributed by atoms with Crippen LogP contribution in [0.3, 0.4) is 0 Å². The van der Waals surface area contributed by atoms with Crippen LogP contribution in [0, 0.1) is 13.8 Å². The highest BCUT2D eigenvalue weighted by atomic mass is 32.2. The van der Waals surface area contributed by atoms with E-state index in [-0.39, 0.29) is 11.3 Å². The number of aryl methyl sites for hydroxylation is 2. The van der Waals surface area contributed by atoms with Crippen molar-refractivity contribution >= 4 is 39.3 Å². The van der Waals surface area contributed by atoms with E-state index < -0.39 is 5.97 Å². The molecular weight excluding hydrogens is 384 g/mol. The third-order valence-electron chi connectivity index (χ3n) is 4.38. The van der Waals surface area contributed by atoms with Gasteiger partial charge >= 0.3 is 5.97 Å². The van der Waals surface area contributed by atoms with Gasteiger partial charge in [0.1, 0.15) is 10.6 Å². The first kappa shape index (κ1) is 19.7. The molecule has 3 rings (SSSR count). The van der Waals surface area contributed by atoms with Gasteiger partial charge in [-0.2, -0.15) is 0 Å². The summed E-state index contributed by atoms with van der Waals surface area (Å²) in [4.78, 5) is 31.2. The summed E-state index contributed by atoms with van der Waals surface area (Å²) in [7, 11) is 1.32. The molecule has 3 aromatic heterocycles. The molecule has 0 saturated heterocycles. The number of aromatic nitrogens is 2. The van der Waals surface area contributed by atoms with E-state index in [2.05, 4.69) is 11.7 Å². The van der Waals surface area contributed by atoms with Crippen LogP contribution in [0.25, 0.3) is 10.2 Å². The predicted octanol–water partition coefficient (Wildman–Crippen LogP) is 4.55. The van der Waals surface area contributed by atoms with Crippen molar-refractivity contribution in [1.82, 2.24) is 9.55 Å². The van der Waals surface area contributed by atoms with Crippen LogP contribution in [0.4, 0.5) is 0 Å². The largest absolute Gasteiger partial charge is 0.463 e. The fourth-order valence-corrected chi connectivity index (χ4v) is 4.72. The Morgan fingerprint density at radius 1 is 1.37 bits per heavy atom. The molecule has 0 radical (unpaired) electrons. The summed E-state index contributed by atoms with van der Waals surface area (Å²) >= 11 is 2.99. The van der Waals surface area contributed by atoms with Crippen LogP contribution in [0.15, 0.2) is 26.5 Å². The normalized spacial score (nSPS) is 11.3. The number of fused-ring (bicyclic) bond motifs is 1. The lowest BCUT2D eigenvalue weighted by atomic mass is 10.2. The lowest BCUT2D eigenvalue weighted by molar-refractivity contribution is 0.0563. The second-order valence-corrected chi connectivity index (χ2v) is 8.36. The molecule has 0 aliphatic rings. The number of carbonyl (C=O) groups is 1. The van der Waals surface area contributed by atoms with Gasteiger partial charge in [-0.15, -0.1) is 11.3 Å². The SMILES string of the molecule is CCCCn1c(SCc2ccc(C(=O)OC)o2)nc2sc(C)c(C)c2c1=O. The van der Waals surface area contributed by atoms with Gasteiger partial charge in [-0.1, -0.05) is 25.1 Å². The molecule has 0 N–H and O–H groups in total. The topological polar surface area (TPSA) is 74.3 Å². The first-order valence-corrected chi connectivity index (χ1v) is 10.6. The minimum Gasteiger partial charge on any atom is -0.463 e. The highest BCUT2D eigenvalue weighted by Gasteiger charge is 2.18. The average molecular weight is 407 g/mol. The van der Waals surface area contributed by atoms with Crippen LogP contribution in [0.1, 0.15) is 46.5 Å². The number of carbonyl (C=O) groups excluding carboxylic acids is 1. The Hall–Kier alpha value is -2.06. The van der Waals surface area contributed by atoms with Gasteiger partial charge in [0.2, 0.25) is 5.76 Å². The molecule has 144 valence electrons. The van der Waals surface area contributed by atoms with Crippen molar-refractivity contribution in [1.29, 1.82) is 0 Å². The fraction of sp³-hybridized carbons (Fsp3) is 0.421. The molecule has 0 bridgehead atoms. The average Bonchev–Trinajstić information content (AvgIpc) is 3.24. The minimum absolute atomic E-state index is 0.0208. The Balaban J connectivity index is 1.93. The van der Waals surface area contributed by atoms with Crippen molar-refractivity contribution in [3.8, 4) is 0 Å². The lowest BCUT2D eigenvalue weighted by Gasteiger charge is -2.11. The smallest absolute Gasteiger partial charge is 0.373 e. The molecule has 0 unspecified atom stereocenters. The third-order valence-corrected chi connectivity index (χ3v) is 6.48. The van der Waals surface area contributed by atoms with Crippen molar-refractivity contribution in [2.75, 3.05) is 7.11 Å². The van der Waals surface area contributed by atoms with Crippen LogP contribution < -0.4 is 5.56 Å². The molecule has 0 saturated carbocycles. The monoisotopic (exact) mass is 406 g/mol. The van der Waals surface area contributed by atoms with Gasteiger partial charge in [0.25, 0.3) is 5.56 Å². The molecule has 0 fully saturated rings. The standard InChI is InChI=1S/C19H22N2O4S2/c1-5-6-9-21-17(22)15-11(2)12(3)27-16(15)20-19(21)26-10-13-7-8-14(25-13)18(23)24-4/h7-8H,5-6,9-10H2,1-4H3. The number of unbranched alkanes of at least 4 members (excludes halogenated alkanes) is 1. The van der Waals surface area contributed by atoms with Crippen LogP contribution >= 0.6 is 23.1 Å². The summed E-state index contributed by atoms with van der Waals surface area (Å²) in [6.45, 7) is 6.73. The highest BCUT2D eigenvalue weighted by molar-refractivity contribution is 7.98. The van der Waals surface area contributed by atoms with Gasteiger partial charge in [-0.05, 0) is 38.0 Å². The molecule has 3 heterocycles. The van der Waals surface area contributed by atoms with E-state index in [1.165, 1.54) is 18.9 Å². The number of thiophene rings is 1. The summed E-state index contributed by atoms with van der Waals surface area (Å²) in [5.74, 6) is 0.777. The number of hydrogen-bond donors (Lipinski definition) is 0. The van der Waals surface area contributed by atoms with Crippen molar-refractivity contribution in [3.05, 3.63) is 44.4 Å². The van der Waals surface area contributed by atoms with Crippen LogP contribution in [-0.2, 0) is 17.0 Å². The van der Waals surface area contributed by atoms with Crippen molar-refractivity contribution in [3.63, 3.8) is 0 Å². The van der Waals surface area contributed by atoms with Gasteiger partial charge < -0.3 is 9.15 Å². The molecule has 0 aliphatic heterocycles. The summed E-state index contributed by atoms with van der Waals surface area (Å²) in [5.41, 5.74) is 1.04. The van der Waals surface area contributed by atoms with E-state index >= 15 is 0 Å². The van der Waals surface area contributed by atoms with Gasteiger partial charge in [0, 0.05) is 11.4 Å². The zero-order valence-corrected chi connectivity index (χ0v) is 17.5. The maximum atomic E-state index is 13.1. The zero-order valence-electron chi connectivity index (χ0n) is 15.8. The molecule has 8 heteroatoms. The molecule has 0 atom stereocenters. The molecule has 0 spiro atoms. The zero-order chi connectivity index (χ0) is 19.6. The Bertz CT molecular complexity index is 1030. The van der Waals surface area contributed by atoms with E-state index in [0.717, 1.165) is 33.5 Å². The number of esters is 1. The number of hydrogen-bond acceptors (Lipinski definition) is 7. The number of methoxy groups -OCH3 is 1. The number of nitrogens with zero attached hydrogens (tertiary/aromatic N) is 2. The van der Waals surface area contributed by atoms with Gasteiger partial charge in [-0.3, -0.25) is 9.36 Å². The number of thioether (sulfide) groups is 1. The molecule has 3 aromatic rings. The summed E-state index contributed by atoms with van der Waals surface area (Å²) < 4.78 is 11.9. The third kappa shape index (κ3) is 3.96. The number of ether oxygens (including phenoxy) is 1. The van der Waals surface area contributed by atoms with Crippen molar-refractivity contribution in [2.45, 2.75) is 51.1 Å². The summed E-state index contributed by atoms with van der Waals surface area (Å²) in [5, 5.41) is 1.40. The maximum absolute atomic E-state index is 13.1. The van der Waals surface area contributed by atoms with Gasteiger partial charge in [-0.25, -0.2) is 9.78 Å². The molecule has 0 amide bonds. The van der Waals surface area contributed by atoms with Gasteiger partial charge in [0.15, 0.2) is 5.16 Å². The Labute approximate surface area is 165 Å². The molecule has 6 nitrogen and oxygen atoms in total. The van der Waals surface area contributed by atoms with E-state index in [0.29, 0.717) is 23.2 Å². The highest BCUT2D eigenvalue weighted by Crippen LogP contribution is 2.29. The van der Waals surface area contributed by atoms with E-state index in [4.69, 9.17) is 9.40 Å². The molecule has 27 heavy (non-hydrogen) atoms. The van der Waals surface area contributed by atoms with E-state index in [1.807, 2.05) is 13.8 Å². The van der Waals surface area contributed by atoms with Crippen LogP contribution in [-0.4, -0.2) is 22.6 Å². The molecule has 0 aliphatic carbocycles. The van der Waals surface area contributed by atoms with E-state index in [1.54, 1.807) is 28.0 Å². The Morgan fingerprint density at radius 2 is 2.15 bits per heavy atom. The van der Waals surface area contributed by atoms with Crippen LogP contribution in [0.2, 0.25) is 0 Å². The quantitative estimate of drug-likeness (QED) is 0.326. The molecular formula is C19H22N2O4S2. The Morgan fingerprint density at radius 3 is 2.85 bits per heavy atom. The second-order valence-electron chi connectivity index (χ2n) is 6.21. The van der Waals surface area contributed by atoms with Crippen molar-refractivity contribution < 1.29 is 13.9 Å². The number of rotatable bonds is 7. The summed E-state index contributed by atoms with van der Waals surface area (Å²) in [6, 6.07) is 3.33. The second kappa shape index (κ2) is 8.31. The first-order valence-electron chi connectivity index (χ1n) is 8.76. The van der Waals surface area contributed by atoms with Gasteiger partial charge in [0.05, 0.1) is 18.2 Å².